The molecule has 1 aliphatic heterocycles. The first kappa shape index (κ1) is 17.8. The number of rotatable bonds is 5. The zero-order valence-corrected chi connectivity index (χ0v) is 14.6. The number of anilines is 1. The van der Waals surface area contributed by atoms with Crippen molar-refractivity contribution in [3.05, 3.63) is 18.2 Å². The number of hydrogen-bond acceptors (Lipinski definition) is 4. The summed E-state index contributed by atoms with van der Waals surface area (Å²) in [6.07, 6.45) is 7.32. The molecule has 0 saturated carbocycles. The van der Waals surface area contributed by atoms with Crippen molar-refractivity contribution in [1.29, 1.82) is 0 Å². The van der Waals surface area contributed by atoms with E-state index >= 15 is 0 Å². The molecule has 0 atom stereocenters. The Morgan fingerprint density at radius 2 is 1.88 bits per heavy atom. The lowest BCUT2D eigenvalue weighted by Gasteiger charge is -2.34. The summed E-state index contributed by atoms with van der Waals surface area (Å²) in [6.45, 7) is 2.39. The third kappa shape index (κ3) is 4.72. The number of guanidine groups is 1. The van der Waals surface area contributed by atoms with Crippen molar-refractivity contribution >= 4 is 11.6 Å². The molecule has 0 radical (unpaired) electrons. The number of hydrogen-bond donors (Lipinski definition) is 2. The zero-order valence-electron chi connectivity index (χ0n) is 14.6. The van der Waals surface area contributed by atoms with Crippen LogP contribution in [0.4, 0.5) is 5.69 Å². The maximum absolute atomic E-state index is 5.35. The molecule has 24 heavy (non-hydrogen) atoms. The predicted octanol–water partition coefficient (Wildman–Crippen LogP) is 1.47. The fourth-order valence-electron chi connectivity index (χ4n) is 2.78. The van der Waals surface area contributed by atoms with E-state index in [0.29, 0.717) is 12.6 Å². The maximum atomic E-state index is 5.35. The van der Waals surface area contributed by atoms with E-state index in [1.165, 1.54) is 0 Å². The number of terminal acetylenes is 1. The van der Waals surface area contributed by atoms with Crippen LogP contribution in [0.3, 0.4) is 0 Å². The topological polar surface area (TPSA) is 58.1 Å². The number of aliphatic imine (C=N–C) groups is 1. The summed E-state index contributed by atoms with van der Waals surface area (Å²) in [5, 5.41) is 6.52. The standard InChI is InChI=1S/C18H26N4O2/c1-5-8-20-18(19-2)21-14-6-9-22(10-7-14)15-11-16(23-3)13-17(12-15)24-4/h1,11-14H,6-10H2,2-4H3,(H2,19,20,21). The van der Waals surface area contributed by atoms with Crippen LogP contribution in [0.5, 0.6) is 11.5 Å². The summed E-state index contributed by atoms with van der Waals surface area (Å²) in [5.41, 5.74) is 1.12. The third-order valence-corrected chi connectivity index (χ3v) is 4.12. The molecule has 1 aromatic carbocycles. The molecule has 0 amide bonds. The summed E-state index contributed by atoms with van der Waals surface area (Å²) in [5.74, 6) is 4.93. The number of benzene rings is 1. The van der Waals surface area contributed by atoms with E-state index in [9.17, 15) is 0 Å². The predicted molar refractivity (Wildman–Crippen MR) is 98.1 cm³/mol. The van der Waals surface area contributed by atoms with Crippen molar-refractivity contribution in [2.24, 2.45) is 4.99 Å². The summed E-state index contributed by atoms with van der Waals surface area (Å²) in [4.78, 5) is 6.54. The number of piperidine rings is 1. The van der Waals surface area contributed by atoms with Gasteiger partial charge >= 0.3 is 0 Å². The van der Waals surface area contributed by atoms with E-state index in [1.807, 2.05) is 18.2 Å². The quantitative estimate of drug-likeness (QED) is 0.486. The van der Waals surface area contributed by atoms with Gasteiger partial charge in [-0.3, -0.25) is 4.99 Å². The van der Waals surface area contributed by atoms with Crippen LogP contribution < -0.4 is 25.0 Å². The molecule has 0 bridgehead atoms. The van der Waals surface area contributed by atoms with Crippen LogP contribution in [0, 0.1) is 12.3 Å². The molecule has 1 heterocycles. The zero-order chi connectivity index (χ0) is 17.4. The minimum Gasteiger partial charge on any atom is -0.497 e. The van der Waals surface area contributed by atoms with Crippen LogP contribution in [0.25, 0.3) is 0 Å². The van der Waals surface area contributed by atoms with Gasteiger partial charge in [-0.25, -0.2) is 0 Å². The fraction of sp³-hybridized carbons (Fsp3) is 0.500. The van der Waals surface area contributed by atoms with Gasteiger partial charge in [-0.2, -0.15) is 0 Å². The molecule has 6 nitrogen and oxygen atoms in total. The number of methoxy groups -OCH3 is 2. The summed E-state index contributed by atoms with van der Waals surface area (Å²) < 4.78 is 10.7. The van der Waals surface area contributed by atoms with E-state index in [-0.39, 0.29) is 0 Å². The van der Waals surface area contributed by atoms with Gasteiger partial charge in [0.25, 0.3) is 0 Å². The lowest BCUT2D eigenvalue weighted by Crippen LogP contribution is -2.48. The maximum Gasteiger partial charge on any atom is 0.191 e. The second kappa shape index (κ2) is 8.92. The minimum atomic E-state index is 0.387. The Balaban J connectivity index is 1.94. The first-order valence-corrected chi connectivity index (χ1v) is 8.08. The molecule has 0 aromatic heterocycles. The van der Waals surface area contributed by atoms with Gasteiger partial charge in [0.15, 0.2) is 5.96 Å². The molecule has 1 saturated heterocycles. The van der Waals surface area contributed by atoms with Crippen molar-refractivity contribution in [3.63, 3.8) is 0 Å². The van der Waals surface area contributed by atoms with Gasteiger partial charge in [-0.15, -0.1) is 6.42 Å². The summed E-state index contributed by atoms with van der Waals surface area (Å²) >= 11 is 0. The Morgan fingerprint density at radius 3 is 2.38 bits per heavy atom. The Hall–Kier alpha value is -2.55. The molecule has 6 heteroatoms. The SMILES string of the molecule is C#CCNC(=NC)NC1CCN(c2cc(OC)cc(OC)c2)CC1. The monoisotopic (exact) mass is 330 g/mol. The van der Waals surface area contributed by atoms with E-state index in [1.54, 1.807) is 21.3 Å². The van der Waals surface area contributed by atoms with Crippen LogP contribution >= 0.6 is 0 Å². The third-order valence-electron chi connectivity index (χ3n) is 4.12. The van der Waals surface area contributed by atoms with Gasteiger partial charge in [-0.05, 0) is 12.8 Å². The largest absolute Gasteiger partial charge is 0.497 e. The molecule has 0 spiro atoms. The number of nitrogens with one attached hydrogen (secondary N) is 2. The molecule has 0 unspecified atom stereocenters. The molecule has 1 aromatic rings. The molecule has 1 fully saturated rings. The van der Waals surface area contributed by atoms with Crippen LogP contribution in [-0.2, 0) is 0 Å². The molecule has 1 aliphatic rings. The van der Waals surface area contributed by atoms with Crippen LogP contribution in [0.2, 0.25) is 0 Å². The molecule has 2 rings (SSSR count). The highest BCUT2D eigenvalue weighted by atomic mass is 16.5. The minimum absolute atomic E-state index is 0.387. The number of nitrogens with zero attached hydrogens (tertiary/aromatic N) is 2. The van der Waals surface area contributed by atoms with Crippen molar-refractivity contribution in [1.82, 2.24) is 10.6 Å². The number of ether oxygens (including phenoxy) is 2. The Bertz CT molecular complexity index is 579. The van der Waals surface area contributed by atoms with Crippen LogP contribution in [0.1, 0.15) is 12.8 Å². The average molecular weight is 330 g/mol. The second-order valence-electron chi connectivity index (χ2n) is 5.61. The van der Waals surface area contributed by atoms with E-state index < -0.39 is 0 Å². The molecular weight excluding hydrogens is 304 g/mol. The van der Waals surface area contributed by atoms with Gasteiger partial charge in [0.2, 0.25) is 0 Å². The van der Waals surface area contributed by atoms with Gasteiger partial charge < -0.3 is 25.0 Å². The van der Waals surface area contributed by atoms with E-state index in [2.05, 4.69) is 26.4 Å². The summed E-state index contributed by atoms with van der Waals surface area (Å²) in [7, 11) is 5.09. The van der Waals surface area contributed by atoms with Gasteiger partial charge in [0.05, 0.1) is 20.8 Å². The smallest absolute Gasteiger partial charge is 0.191 e. The van der Waals surface area contributed by atoms with Crippen molar-refractivity contribution in [2.75, 3.05) is 45.8 Å². The van der Waals surface area contributed by atoms with Crippen molar-refractivity contribution < 1.29 is 9.47 Å². The van der Waals surface area contributed by atoms with Crippen molar-refractivity contribution in [2.45, 2.75) is 18.9 Å². The molecule has 2 N–H and O–H groups in total. The Morgan fingerprint density at radius 1 is 1.25 bits per heavy atom. The first-order chi connectivity index (χ1) is 11.7. The lowest BCUT2D eigenvalue weighted by molar-refractivity contribution is 0.393. The average Bonchev–Trinajstić information content (AvgIpc) is 2.65. The lowest BCUT2D eigenvalue weighted by atomic mass is 10.0. The molecule has 130 valence electrons. The first-order valence-electron chi connectivity index (χ1n) is 8.08. The highest BCUT2D eigenvalue weighted by Gasteiger charge is 2.21. The summed E-state index contributed by atoms with van der Waals surface area (Å²) in [6, 6.07) is 6.37. The van der Waals surface area contributed by atoms with Crippen LogP contribution in [-0.4, -0.2) is 52.9 Å². The molecular formula is C18H26N4O2. The van der Waals surface area contributed by atoms with E-state index in [0.717, 1.165) is 49.1 Å². The highest BCUT2D eigenvalue weighted by Crippen LogP contribution is 2.30. The van der Waals surface area contributed by atoms with Crippen molar-refractivity contribution in [3.8, 4) is 23.8 Å². The van der Waals surface area contributed by atoms with Gasteiger partial charge in [-0.1, -0.05) is 5.92 Å². The van der Waals surface area contributed by atoms with Crippen LogP contribution in [0.15, 0.2) is 23.2 Å². The van der Waals surface area contributed by atoms with Gasteiger partial charge in [0, 0.05) is 50.1 Å². The Labute approximate surface area is 144 Å². The van der Waals surface area contributed by atoms with E-state index in [4.69, 9.17) is 15.9 Å². The second-order valence-corrected chi connectivity index (χ2v) is 5.61. The highest BCUT2D eigenvalue weighted by molar-refractivity contribution is 5.80. The van der Waals surface area contributed by atoms with Gasteiger partial charge in [0.1, 0.15) is 11.5 Å². The normalized spacial score (nSPS) is 15.6. The fourth-order valence-corrected chi connectivity index (χ4v) is 2.78. The molecule has 0 aliphatic carbocycles. The Kier molecular flexibility index (Phi) is 6.62.